The second kappa shape index (κ2) is 10.4. The van der Waals surface area contributed by atoms with Crippen LogP contribution < -0.4 is 4.74 Å². The molecule has 2 atom stereocenters. The van der Waals surface area contributed by atoms with E-state index in [-0.39, 0.29) is 23.5 Å². The summed E-state index contributed by atoms with van der Waals surface area (Å²) >= 11 is 0. The van der Waals surface area contributed by atoms with Gasteiger partial charge < -0.3 is 9.64 Å². The Hall–Kier alpha value is -3.16. The van der Waals surface area contributed by atoms with Crippen molar-refractivity contribution in [1.29, 1.82) is 0 Å². The first-order chi connectivity index (χ1) is 15.3. The molecule has 2 unspecified atom stereocenters. The Balaban J connectivity index is 0.000000860. The summed E-state index contributed by atoms with van der Waals surface area (Å²) in [6.07, 6.45) is 9.28. The molecule has 1 amide bonds. The van der Waals surface area contributed by atoms with Gasteiger partial charge in [0.05, 0.1) is 24.3 Å². The van der Waals surface area contributed by atoms with Crippen LogP contribution >= 0.6 is 0 Å². The van der Waals surface area contributed by atoms with Crippen molar-refractivity contribution in [3.05, 3.63) is 43.5 Å². The number of hydrogen-bond acceptors (Lipinski definition) is 5. The van der Waals surface area contributed by atoms with E-state index in [9.17, 15) is 4.79 Å². The van der Waals surface area contributed by atoms with E-state index in [0.29, 0.717) is 5.88 Å². The lowest BCUT2D eigenvalue weighted by molar-refractivity contribution is -0.144. The smallest absolute Gasteiger partial charge is 0.245 e. The molecule has 0 bridgehead atoms. The van der Waals surface area contributed by atoms with Gasteiger partial charge in [0.15, 0.2) is 0 Å². The molecule has 1 aliphatic rings. The molecule has 0 saturated heterocycles. The molecule has 174 valence electrons. The van der Waals surface area contributed by atoms with Crippen molar-refractivity contribution in [3.63, 3.8) is 0 Å². The Morgan fingerprint density at radius 2 is 1.94 bits per heavy atom. The van der Waals surface area contributed by atoms with E-state index in [0.717, 1.165) is 23.2 Å². The van der Waals surface area contributed by atoms with Gasteiger partial charge in [-0.1, -0.05) is 48.1 Å². The maximum atomic E-state index is 12.0. The summed E-state index contributed by atoms with van der Waals surface area (Å²) in [5.41, 5.74) is 2.23. The molecule has 3 heterocycles. The Bertz CT molecular complexity index is 1050. The van der Waals surface area contributed by atoms with Crippen LogP contribution in [-0.4, -0.2) is 54.4 Å². The van der Waals surface area contributed by atoms with Crippen LogP contribution in [0.1, 0.15) is 48.0 Å². The average Bonchev–Trinajstić information content (AvgIpc) is 3.46. The Morgan fingerprint density at radius 1 is 1.25 bits per heavy atom. The number of fused-ring (bicyclic) bond motifs is 1. The predicted octanol–water partition coefficient (Wildman–Crippen LogP) is 4.37. The van der Waals surface area contributed by atoms with Crippen molar-refractivity contribution in [2.24, 2.45) is 12.5 Å². The highest BCUT2D eigenvalue weighted by Gasteiger charge is 2.53. The van der Waals surface area contributed by atoms with E-state index in [4.69, 9.17) is 9.72 Å². The van der Waals surface area contributed by atoms with E-state index >= 15 is 0 Å². The molecule has 1 aliphatic carbocycles. The zero-order valence-corrected chi connectivity index (χ0v) is 20.5. The summed E-state index contributed by atoms with van der Waals surface area (Å²) in [5, 5.41) is 8.56. The first kappa shape index (κ1) is 25.1. The van der Waals surface area contributed by atoms with Crippen LogP contribution in [0.5, 0.6) is 5.88 Å². The molecule has 0 aliphatic heterocycles. The van der Waals surface area contributed by atoms with Crippen molar-refractivity contribution >= 4 is 11.4 Å². The number of hydrogen-bond donors (Lipinski definition) is 0. The average molecular weight is 441 g/mol. The third-order valence-electron chi connectivity index (χ3n) is 5.73. The van der Waals surface area contributed by atoms with Gasteiger partial charge in [0.1, 0.15) is 11.6 Å². The van der Waals surface area contributed by atoms with Crippen LogP contribution in [0.25, 0.3) is 16.8 Å². The van der Waals surface area contributed by atoms with Crippen LogP contribution in [0.15, 0.2) is 43.5 Å². The fourth-order valence-corrected chi connectivity index (χ4v) is 3.83. The van der Waals surface area contributed by atoms with E-state index in [2.05, 4.69) is 30.6 Å². The minimum atomic E-state index is -0.212. The molecule has 1 fully saturated rings. The highest BCUT2D eigenvalue weighted by atomic mass is 16.5. The molecule has 8 heteroatoms. The van der Waals surface area contributed by atoms with E-state index in [1.807, 2.05) is 60.3 Å². The van der Waals surface area contributed by atoms with Gasteiger partial charge in [0, 0.05) is 43.7 Å². The van der Waals surface area contributed by atoms with E-state index in [1.165, 1.54) is 6.08 Å². The predicted molar refractivity (Wildman–Crippen MR) is 127 cm³/mol. The molecule has 0 spiro atoms. The van der Waals surface area contributed by atoms with Gasteiger partial charge in [-0.25, -0.2) is 9.50 Å². The minimum Gasteiger partial charge on any atom is -0.472 e. The summed E-state index contributed by atoms with van der Waals surface area (Å²) < 4.78 is 9.84. The highest BCUT2D eigenvalue weighted by Crippen LogP contribution is 2.46. The molecule has 3 aromatic rings. The van der Waals surface area contributed by atoms with Gasteiger partial charge >= 0.3 is 0 Å². The molecule has 1 saturated carbocycles. The highest BCUT2D eigenvalue weighted by molar-refractivity contribution is 5.87. The van der Waals surface area contributed by atoms with Crippen LogP contribution in [0, 0.1) is 5.41 Å². The van der Waals surface area contributed by atoms with Gasteiger partial charge in [-0.2, -0.15) is 10.2 Å². The topological polar surface area (TPSA) is 77.6 Å². The molecule has 32 heavy (non-hydrogen) atoms. The summed E-state index contributed by atoms with van der Waals surface area (Å²) in [7, 11) is 3.68. The quantitative estimate of drug-likeness (QED) is 0.551. The summed E-state index contributed by atoms with van der Waals surface area (Å²) in [6, 6.07) is 1.97. The largest absolute Gasteiger partial charge is 0.472 e. The fourth-order valence-electron chi connectivity index (χ4n) is 3.83. The molecule has 0 radical (unpaired) electrons. The zero-order valence-electron chi connectivity index (χ0n) is 20.5. The first-order valence-electron chi connectivity index (χ1n) is 11.2. The molecule has 3 aromatic heterocycles. The molecular formula is C24H36N6O2. The van der Waals surface area contributed by atoms with Gasteiger partial charge in [0.25, 0.3) is 0 Å². The molecule has 4 rings (SSSR count). The standard InChI is InChI=1S/C20H24N6O2.2C2H6/c1-6-18(27)25(5)16-9-17(20(16,2)3)28-19-15-7-8-21-26(15)12-14(23-19)13-10-22-24(4)11-13;2*1-2/h6-8,10-12,16-17H,1,9H2,2-5H3;2*1-2H3. The number of carbonyl (C=O) groups is 1. The zero-order chi connectivity index (χ0) is 24.1. The lowest BCUT2D eigenvalue weighted by atomic mass is 9.64. The second-order valence-corrected chi connectivity index (χ2v) is 7.83. The third-order valence-corrected chi connectivity index (χ3v) is 5.73. The van der Waals surface area contributed by atoms with E-state index < -0.39 is 0 Å². The lowest BCUT2D eigenvalue weighted by Crippen LogP contribution is -2.63. The minimum absolute atomic E-state index is 0.0621. The van der Waals surface area contributed by atoms with Crippen molar-refractivity contribution in [2.75, 3.05) is 7.05 Å². The number of nitrogens with zero attached hydrogens (tertiary/aromatic N) is 6. The molecular weight excluding hydrogens is 404 g/mol. The SMILES string of the molecule is C=CC(=O)N(C)C1CC(Oc2nc(-c3cnn(C)c3)cn3nccc23)C1(C)C.CC.CC. The van der Waals surface area contributed by atoms with Gasteiger partial charge in [-0.05, 0) is 12.1 Å². The van der Waals surface area contributed by atoms with Gasteiger partial charge in [-0.15, -0.1) is 0 Å². The summed E-state index contributed by atoms with van der Waals surface area (Å²) in [5.74, 6) is 0.458. The number of ether oxygens (including phenoxy) is 1. The second-order valence-electron chi connectivity index (χ2n) is 7.83. The number of aryl methyl sites for hydroxylation is 1. The normalized spacial score (nSPS) is 18.4. The molecule has 0 N–H and O–H groups in total. The Labute approximate surface area is 190 Å². The monoisotopic (exact) mass is 440 g/mol. The molecule has 8 nitrogen and oxygen atoms in total. The van der Waals surface area contributed by atoms with E-state index in [1.54, 1.807) is 26.5 Å². The van der Waals surface area contributed by atoms with Gasteiger partial charge in [0.2, 0.25) is 11.8 Å². The van der Waals surface area contributed by atoms with Crippen molar-refractivity contribution in [3.8, 4) is 17.1 Å². The molecule has 0 aromatic carbocycles. The fraction of sp³-hybridized carbons (Fsp3) is 0.500. The maximum Gasteiger partial charge on any atom is 0.245 e. The van der Waals surface area contributed by atoms with Crippen molar-refractivity contribution in [1.82, 2.24) is 29.3 Å². The van der Waals surface area contributed by atoms with Crippen LogP contribution in [0.4, 0.5) is 0 Å². The lowest BCUT2D eigenvalue weighted by Gasteiger charge is -2.54. The Morgan fingerprint density at radius 3 is 2.50 bits per heavy atom. The number of carbonyl (C=O) groups excluding carboxylic acids is 1. The number of rotatable bonds is 5. The summed E-state index contributed by atoms with van der Waals surface area (Å²) in [6.45, 7) is 15.8. The Kier molecular flexibility index (Phi) is 8.19. The summed E-state index contributed by atoms with van der Waals surface area (Å²) in [4.78, 5) is 18.4. The number of amides is 1. The van der Waals surface area contributed by atoms with Crippen molar-refractivity contribution < 1.29 is 9.53 Å². The first-order valence-corrected chi connectivity index (χ1v) is 11.2. The number of likely N-dealkylation sites (N-methyl/N-ethyl adjacent to an activating group) is 1. The van der Waals surface area contributed by atoms with Crippen molar-refractivity contribution in [2.45, 2.75) is 60.1 Å². The third kappa shape index (κ3) is 4.69. The maximum absolute atomic E-state index is 12.0. The number of aromatic nitrogens is 5. The van der Waals surface area contributed by atoms with Crippen LogP contribution in [0.3, 0.4) is 0 Å². The van der Waals surface area contributed by atoms with Crippen LogP contribution in [0.2, 0.25) is 0 Å². The van der Waals surface area contributed by atoms with Gasteiger partial charge in [-0.3, -0.25) is 9.48 Å². The van der Waals surface area contributed by atoms with Crippen LogP contribution in [-0.2, 0) is 11.8 Å².